The molecular formula is C17H20N2O5S. The lowest BCUT2D eigenvalue weighted by Gasteiger charge is -2.11. The summed E-state index contributed by atoms with van der Waals surface area (Å²) in [6.45, 7) is 0.317. The number of carbonyl (C=O) groups is 1. The number of sulfonamides is 1. The quantitative estimate of drug-likeness (QED) is 0.783. The molecule has 0 spiro atoms. The third-order valence-electron chi connectivity index (χ3n) is 3.43. The number of methoxy groups -OCH3 is 2. The van der Waals surface area contributed by atoms with Crippen LogP contribution in [0.1, 0.15) is 5.56 Å². The summed E-state index contributed by atoms with van der Waals surface area (Å²) >= 11 is 0. The molecule has 25 heavy (non-hydrogen) atoms. The maximum atomic E-state index is 12.3. The molecule has 0 aliphatic rings. The van der Waals surface area contributed by atoms with Crippen LogP contribution >= 0.6 is 0 Å². The Kier molecular flexibility index (Phi) is 6.24. The Balaban J connectivity index is 1.97. The molecule has 0 saturated heterocycles. The average molecular weight is 364 g/mol. The Labute approximate surface area is 147 Å². The largest absolute Gasteiger partial charge is 0.493 e. The van der Waals surface area contributed by atoms with Crippen LogP contribution in [0, 0.1) is 0 Å². The molecule has 7 nitrogen and oxygen atoms in total. The summed E-state index contributed by atoms with van der Waals surface area (Å²) in [4.78, 5) is 11.7. The molecule has 2 N–H and O–H groups in total. The molecule has 134 valence electrons. The summed E-state index contributed by atoms with van der Waals surface area (Å²) in [5.74, 6) is 0.656. The maximum absolute atomic E-state index is 12.3. The van der Waals surface area contributed by atoms with Gasteiger partial charge in [0.2, 0.25) is 0 Å². The van der Waals surface area contributed by atoms with E-state index in [9.17, 15) is 13.2 Å². The number of hydrogen-bond donors (Lipinski definition) is 2. The van der Waals surface area contributed by atoms with Gasteiger partial charge >= 0.3 is 6.03 Å². The third kappa shape index (κ3) is 5.12. The minimum atomic E-state index is -4.01. The van der Waals surface area contributed by atoms with Crippen LogP contribution < -0.4 is 19.5 Å². The maximum Gasteiger partial charge on any atom is 0.328 e. The van der Waals surface area contributed by atoms with Crippen LogP contribution in [0.2, 0.25) is 0 Å². The van der Waals surface area contributed by atoms with Crippen molar-refractivity contribution in [2.45, 2.75) is 11.3 Å². The molecule has 0 aliphatic carbocycles. The van der Waals surface area contributed by atoms with Crippen LogP contribution in [0.25, 0.3) is 0 Å². The molecule has 2 amide bonds. The molecule has 0 unspecified atom stereocenters. The summed E-state index contributed by atoms with van der Waals surface area (Å²) in [7, 11) is -1.16. The van der Waals surface area contributed by atoms with Crippen LogP contribution in [-0.4, -0.2) is 35.2 Å². The van der Waals surface area contributed by atoms with Gasteiger partial charge in [0.05, 0.1) is 19.1 Å². The predicted molar refractivity (Wildman–Crippen MR) is 93.4 cm³/mol. The minimum Gasteiger partial charge on any atom is -0.493 e. The van der Waals surface area contributed by atoms with Crippen LogP contribution in [0.4, 0.5) is 4.79 Å². The summed E-state index contributed by atoms with van der Waals surface area (Å²) in [6.07, 6.45) is 0.602. The minimum absolute atomic E-state index is 0.0941. The number of urea groups is 1. The van der Waals surface area contributed by atoms with Crippen LogP contribution in [-0.2, 0) is 16.4 Å². The van der Waals surface area contributed by atoms with Crippen LogP contribution in [0.3, 0.4) is 0 Å². The second kappa shape index (κ2) is 8.39. The number of rotatable bonds is 7. The van der Waals surface area contributed by atoms with E-state index in [2.05, 4.69) is 5.32 Å². The van der Waals surface area contributed by atoms with E-state index in [1.165, 1.54) is 32.4 Å². The van der Waals surface area contributed by atoms with Crippen molar-refractivity contribution in [1.82, 2.24) is 10.0 Å². The summed E-state index contributed by atoms with van der Waals surface area (Å²) in [5, 5.41) is 2.52. The number of carbonyl (C=O) groups excluding carboxylic acids is 1. The third-order valence-corrected chi connectivity index (χ3v) is 4.76. The highest BCUT2D eigenvalue weighted by Gasteiger charge is 2.19. The van der Waals surface area contributed by atoms with Crippen molar-refractivity contribution in [1.29, 1.82) is 0 Å². The van der Waals surface area contributed by atoms with Gasteiger partial charge in [-0.3, -0.25) is 0 Å². The molecule has 0 bridgehead atoms. The fourth-order valence-electron chi connectivity index (χ4n) is 2.17. The molecule has 8 heteroatoms. The van der Waals surface area contributed by atoms with Crippen LogP contribution in [0.15, 0.2) is 53.4 Å². The first-order valence-electron chi connectivity index (χ1n) is 7.53. The highest BCUT2D eigenvalue weighted by Crippen LogP contribution is 2.29. The summed E-state index contributed by atoms with van der Waals surface area (Å²) in [6, 6.07) is 12.9. The van der Waals surface area contributed by atoms with Crippen molar-refractivity contribution in [2.75, 3.05) is 20.8 Å². The first-order valence-corrected chi connectivity index (χ1v) is 9.01. The van der Waals surface area contributed by atoms with Gasteiger partial charge in [-0.2, -0.15) is 0 Å². The van der Waals surface area contributed by atoms with Crippen molar-refractivity contribution in [3.8, 4) is 11.5 Å². The van der Waals surface area contributed by atoms with E-state index in [-0.39, 0.29) is 10.6 Å². The molecule has 0 fully saturated rings. The molecule has 0 aliphatic heterocycles. The van der Waals surface area contributed by atoms with Gasteiger partial charge in [-0.05, 0) is 24.1 Å². The summed E-state index contributed by atoms with van der Waals surface area (Å²) in [5.41, 5.74) is 1.05. The Bertz CT molecular complexity index is 822. The molecule has 0 aromatic heterocycles. The molecule has 2 aromatic carbocycles. The predicted octanol–water partition coefficient (Wildman–Crippen LogP) is 1.93. The lowest BCUT2D eigenvalue weighted by Crippen LogP contribution is -2.40. The zero-order chi connectivity index (χ0) is 18.3. The highest BCUT2D eigenvalue weighted by molar-refractivity contribution is 7.90. The molecule has 2 aromatic rings. The zero-order valence-electron chi connectivity index (χ0n) is 14.0. The van der Waals surface area contributed by atoms with Gasteiger partial charge < -0.3 is 14.8 Å². The number of hydrogen-bond acceptors (Lipinski definition) is 5. The lowest BCUT2D eigenvalue weighted by molar-refractivity contribution is 0.246. The number of nitrogens with one attached hydrogen (secondary N) is 2. The van der Waals surface area contributed by atoms with Crippen molar-refractivity contribution in [2.24, 2.45) is 0 Å². The van der Waals surface area contributed by atoms with E-state index < -0.39 is 16.1 Å². The summed E-state index contributed by atoms with van der Waals surface area (Å²) < 4.78 is 36.7. The monoisotopic (exact) mass is 364 g/mol. The van der Waals surface area contributed by atoms with E-state index in [0.29, 0.717) is 18.7 Å². The molecule has 0 saturated carbocycles. The molecule has 2 rings (SSSR count). The Morgan fingerprint density at radius 3 is 2.32 bits per heavy atom. The number of ether oxygens (including phenoxy) is 2. The van der Waals surface area contributed by atoms with E-state index >= 15 is 0 Å². The average Bonchev–Trinajstić information content (AvgIpc) is 2.61. The van der Waals surface area contributed by atoms with E-state index in [0.717, 1.165) is 5.56 Å². The van der Waals surface area contributed by atoms with Crippen molar-refractivity contribution < 1.29 is 22.7 Å². The van der Waals surface area contributed by atoms with Gasteiger partial charge in [0.15, 0.2) is 11.5 Å². The van der Waals surface area contributed by atoms with Crippen molar-refractivity contribution in [3.05, 3.63) is 54.1 Å². The molecule has 0 heterocycles. The normalized spacial score (nSPS) is 10.8. The number of benzene rings is 2. The van der Waals surface area contributed by atoms with Gasteiger partial charge in [-0.15, -0.1) is 0 Å². The van der Waals surface area contributed by atoms with E-state index in [1.54, 1.807) is 0 Å². The van der Waals surface area contributed by atoms with Gasteiger partial charge in [0.25, 0.3) is 10.0 Å². The number of amides is 2. The standard InChI is InChI=1S/C17H20N2O5S/c1-23-15-9-8-14(12-16(15)24-2)25(21,22)19-17(20)18-11-10-13-6-4-3-5-7-13/h3-9,12H,10-11H2,1-2H3,(H2,18,19,20). The van der Waals surface area contributed by atoms with E-state index in [4.69, 9.17) is 9.47 Å². The molecular weight excluding hydrogens is 344 g/mol. The fraction of sp³-hybridized carbons (Fsp3) is 0.235. The van der Waals surface area contributed by atoms with Gasteiger partial charge in [0.1, 0.15) is 0 Å². The molecule has 0 radical (unpaired) electrons. The second-order valence-corrected chi connectivity index (χ2v) is 6.80. The van der Waals surface area contributed by atoms with Gasteiger partial charge in [-0.25, -0.2) is 17.9 Å². The topological polar surface area (TPSA) is 93.7 Å². The first-order chi connectivity index (χ1) is 12.0. The smallest absolute Gasteiger partial charge is 0.328 e. The Morgan fingerprint density at radius 1 is 1.00 bits per heavy atom. The highest BCUT2D eigenvalue weighted by atomic mass is 32.2. The van der Waals surface area contributed by atoms with Crippen LogP contribution in [0.5, 0.6) is 11.5 Å². The lowest BCUT2D eigenvalue weighted by atomic mass is 10.1. The zero-order valence-corrected chi connectivity index (χ0v) is 14.8. The fourth-order valence-corrected chi connectivity index (χ4v) is 3.11. The molecule has 0 atom stereocenters. The van der Waals surface area contributed by atoms with Crippen molar-refractivity contribution >= 4 is 16.1 Å². The van der Waals surface area contributed by atoms with Gasteiger partial charge in [-0.1, -0.05) is 30.3 Å². The Hall–Kier alpha value is -2.74. The van der Waals surface area contributed by atoms with Crippen molar-refractivity contribution in [3.63, 3.8) is 0 Å². The van der Waals surface area contributed by atoms with Gasteiger partial charge in [0, 0.05) is 12.6 Å². The second-order valence-electron chi connectivity index (χ2n) is 5.11. The van der Waals surface area contributed by atoms with E-state index in [1.807, 2.05) is 35.1 Å². The Morgan fingerprint density at radius 2 is 1.68 bits per heavy atom. The SMILES string of the molecule is COc1ccc(S(=O)(=O)NC(=O)NCCc2ccccc2)cc1OC. The first kappa shape index (κ1) is 18.6.